The van der Waals surface area contributed by atoms with Gasteiger partial charge in [-0.2, -0.15) is 0 Å². The van der Waals surface area contributed by atoms with Crippen molar-refractivity contribution in [2.75, 3.05) is 5.73 Å². The first kappa shape index (κ1) is 59.7. The first-order valence-corrected chi connectivity index (χ1v) is 28.6. The van der Waals surface area contributed by atoms with Crippen molar-refractivity contribution in [1.82, 2.24) is 68.2 Å². The Kier molecular flexibility index (Phi) is 17.6. The van der Waals surface area contributed by atoms with Gasteiger partial charge in [0.2, 0.25) is 0 Å². The van der Waals surface area contributed by atoms with E-state index in [9.17, 15) is 27.6 Å². The van der Waals surface area contributed by atoms with E-state index >= 15 is 0 Å². The van der Waals surface area contributed by atoms with Gasteiger partial charge in [-0.05, 0) is 148 Å². The van der Waals surface area contributed by atoms with Crippen molar-refractivity contribution < 1.29 is 32.7 Å². The Morgan fingerprint density at radius 2 is 0.965 bits per heavy atom. The van der Waals surface area contributed by atoms with Crippen LogP contribution in [0.5, 0.6) is 0 Å². The molecule has 7 aromatic heterocycles. The minimum atomic E-state index is -1.26. The minimum Gasteiger partial charge on any atom is -0.478 e. The standard InChI is InChI=1S/C25H25FN6O.C14H12ClFN2O.C14H13FN2O2.C10H13N5/c1-15(2)25-30-28-14-32(25)24-6-4-5-18(29-24)10-23(33)19-11-22(16(3)9-20(19)26)31-12-21(27-13-31)17-7-8-17;1-8-4-11(16)10(14(15)19)5-13(8)18-6-12(17-7-18)9-2-3-9;1-8-4-11(15)10(14(18)19)5-13(8)17-6-12(16-7-17)9-2-3-9;1-7(2)10-14-12-6-15(10)9-5-3-4-8(11)13-9/h4-6,9,11-15,17H,7-8,10H2,1-3H3;4-7,9H,2-3H2,1H3;4-7,9H,2-3H2,1H3,(H,18,19);3-7H,1-2H3,(H2,11,13). The lowest BCUT2D eigenvalue weighted by Crippen LogP contribution is -2.11. The number of aryl methyl sites for hydroxylation is 3. The van der Waals surface area contributed by atoms with Crippen LogP contribution < -0.4 is 5.73 Å². The van der Waals surface area contributed by atoms with E-state index in [0.717, 1.165) is 82.7 Å². The van der Waals surface area contributed by atoms with Gasteiger partial charge in [0.05, 0.1) is 81.9 Å². The van der Waals surface area contributed by atoms with E-state index in [4.69, 9.17) is 22.4 Å². The van der Waals surface area contributed by atoms with Crippen LogP contribution in [0.15, 0.2) is 123 Å². The monoisotopic (exact) mass is 1190 g/mol. The summed E-state index contributed by atoms with van der Waals surface area (Å²) in [7, 11) is 0. The number of nitrogens with two attached hydrogens (primary N) is 1. The smallest absolute Gasteiger partial charge is 0.338 e. The Balaban J connectivity index is 0.000000134. The highest BCUT2D eigenvalue weighted by molar-refractivity contribution is 6.67. The van der Waals surface area contributed by atoms with Crippen LogP contribution in [0.4, 0.5) is 19.0 Å². The maximum atomic E-state index is 14.8. The summed E-state index contributed by atoms with van der Waals surface area (Å²) in [5, 5.41) is 24.2. The summed E-state index contributed by atoms with van der Waals surface area (Å²) in [6.45, 7) is 13.6. The number of aromatic nitrogens is 14. The van der Waals surface area contributed by atoms with E-state index in [1.165, 1.54) is 43.2 Å². The molecule has 3 aliphatic rings. The van der Waals surface area contributed by atoms with Crippen molar-refractivity contribution >= 4 is 34.4 Å². The quantitative estimate of drug-likeness (QED) is 0.0717. The number of hydrogen-bond acceptors (Lipinski definition) is 13. The van der Waals surface area contributed by atoms with Gasteiger partial charge < -0.3 is 24.5 Å². The van der Waals surface area contributed by atoms with E-state index in [2.05, 4.69) is 59.2 Å². The average Bonchev–Trinajstić information content (AvgIpc) is 4.21. The molecule has 0 bridgehead atoms. The molecule has 3 N–H and O–H groups in total. The Morgan fingerprint density at radius 3 is 1.37 bits per heavy atom. The van der Waals surface area contributed by atoms with E-state index in [1.807, 2.05) is 77.3 Å². The summed E-state index contributed by atoms with van der Waals surface area (Å²) in [5.41, 5.74) is 13.2. The largest absolute Gasteiger partial charge is 0.478 e. The Morgan fingerprint density at radius 1 is 0.570 bits per heavy atom. The number of anilines is 1. The summed E-state index contributed by atoms with van der Waals surface area (Å²) in [6, 6.07) is 19.4. The zero-order valence-electron chi connectivity index (χ0n) is 48.4. The second kappa shape index (κ2) is 25.4. The Labute approximate surface area is 498 Å². The molecule has 442 valence electrons. The lowest BCUT2D eigenvalue weighted by atomic mass is 10.0. The van der Waals surface area contributed by atoms with Crippen LogP contribution in [0.2, 0.25) is 0 Å². The van der Waals surface area contributed by atoms with Crippen molar-refractivity contribution in [3.05, 3.63) is 208 Å². The van der Waals surface area contributed by atoms with Gasteiger partial charge >= 0.3 is 5.97 Å². The zero-order valence-corrected chi connectivity index (χ0v) is 49.2. The maximum Gasteiger partial charge on any atom is 0.338 e. The highest BCUT2D eigenvalue weighted by atomic mass is 35.5. The molecule has 86 heavy (non-hydrogen) atoms. The molecule has 0 radical (unpaired) electrons. The number of aromatic carboxylic acids is 1. The predicted molar refractivity (Wildman–Crippen MR) is 317 cm³/mol. The molecule has 0 aliphatic heterocycles. The molecule has 13 rings (SSSR count). The number of rotatable bonds is 15. The molecular formula is C63H63ClF3N15O4. The van der Waals surface area contributed by atoms with Crippen LogP contribution in [0.3, 0.4) is 0 Å². The molecule has 23 heteroatoms. The second-order valence-electron chi connectivity index (χ2n) is 22.3. The maximum absolute atomic E-state index is 14.8. The van der Waals surface area contributed by atoms with Crippen molar-refractivity contribution in [2.45, 2.75) is 123 Å². The molecule has 0 saturated heterocycles. The number of carboxylic acid groups (broad SMARTS) is 1. The molecule has 0 atom stereocenters. The number of ketones is 1. The lowest BCUT2D eigenvalue weighted by Gasteiger charge is -2.12. The number of carboxylic acids is 1. The number of carbonyl (C=O) groups excluding carboxylic acids is 2. The van der Waals surface area contributed by atoms with Gasteiger partial charge in [-0.15, -0.1) is 20.4 Å². The highest BCUT2D eigenvalue weighted by Crippen LogP contribution is 2.41. The Hall–Kier alpha value is -9.44. The summed E-state index contributed by atoms with van der Waals surface area (Å²) in [4.78, 5) is 57.2. The molecule has 10 aromatic rings. The summed E-state index contributed by atoms with van der Waals surface area (Å²) >= 11 is 5.38. The fourth-order valence-electron chi connectivity index (χ4n) is 9.69. The van der Waals surface area contributed by atoms with Gasteiger partial charge in [0.15, 0.2) is 5.78 Å². The summed E-state index contributed by atoms with van der Waals surface area (Å²) < 4.78 is 51.0. The van der Waals surface area contributed by atoms with Crippen molar-refractivity contribution in [1.29, 1.82) is 0 Å². The van der Waals surface area contributed by atoms with Crippen LogP contribution in [-0.2, 0) is 6.42 Å². The molecule has 0 unspecified atom stereocenters. The number of nitrogen functional groups attached to an aromatic ring is 1. The van der Waals surface area contributed by atoms with Crippen LogP contribution in [0.1, 0.15) is 178 Å². The molecule has 7 heterocycles. The number of imidazole rings is 3. The molecular weight excluding hydrogens is 1120 g/mol. The van der Waals surface area contributed by atoms with Gasteiger partial charge in [-0.1, -0.05) is 39.8 Å². The number of benzene rings is 3. The van der Waals surface area contributed by atoms with Gasteiger partial charge in [0, 0.05) is 48.2 Å². The molecule has 19 nitrogen and oxygen atoms in total. The van der Waals surface area contributed by atoms with Crippen molar-refractivity contribution in [3.8, 4) is 28.7 Å². The van der Waals surface area contributed by atoms with Crippen LogP contribution in [-0.4, -0.2) is 90.3 Å². The van der Waals surface area contributed by atoms with E-state index in [0.29, 0.717) is 52.3 Å². The third kappa shape index (κ3) is 13.9. The average molecular weight is 1190 g/mol. The van der Waals surface area contributed by atoms with Crippen LogP contribution >= 0.6 is 11.6 Å². The molecule has 3 saturated carbocycles. The fraction of sp³-hybridized carbons (Fsp3) is 0.302. The third-order valence-corrected chi connectivity index (χ3v) is 15.0. The topological polar surface area (TPSA) is 238 Å². The minimum absolute atomic E-state index is 0.0103. The van der Waals surface area contributed by atoms with Gasteiger partial charge in [0.25, 0.3) is 5.24 Å². The summed E-state index contributed by atoms with van der Waals surface area (Å²) in [6.07, 6.45) is 21.1. The van der Waals surface area contributed by atoms with Gasteiger partial charge in [-0.3, -0.25) is 18.7 Å². The number of Topliss-reactive ketones (excluding diaryl/α,β-unsaturated/α-hetero) is 1. The Bertz CT molecular complexity index is 4020. The molecule has 3 fully saturated rings. The highest BCUT2D eigenvalue weighted by Gasteiger charge is 2.29. The first-order chi connectivity index (χ1) is 41.2. The molecule has 0 spiro atoms. The van der Waals surface area contributed by atoms with Crippen LogP contribution in [0.25, 0.3) is 28.7 Å². The number of carbonyl (C=O) groups is 3. The second-order valence-corrected chi connectivity index (χ2v) is 22.7. The van der Waals surface area contributed by atoms with Crippen molar-refractivity contribution in [3.63, 3.8) is 0 Å². The van der Waals surface area contributed by atoms with Crippen LogP contribution in [0, 0.1) is 38.2 Å². The van der Waals surface area contributed by atoms with E-state index in [-0.39, 0.29) is 34.8 Å². The first-order valence-electron chi connectivity index (χ1n) is 28.2. The number of nitrogens with zero attached hydrogens (tertiary/aromatic N) is 14. The van der Waals surface area contributed by atoms with Gasteiger partial charge in [-0.25, -0.2) is 42.9 Å². The number of pyridine rings is 2. The predicted octanol–water partition coefficient (Wildman–Crippen LogP) is 12.6. The number of halogens is 4. The fourth-order valence-corrected chi connectivity index (χ4v) is 9.83. The van der Waals surface area contributed by atoms with E-state index in [1.54, 1.807) is 72.8 Å². The normalized spacial score (nSPS) is 13.6. The zero-order chi connectivity index (χ0) is 61.1. The van der Waals surface area contributed by atoms with Crippen molar-refractivity contribution in [2.24, 2.45) is 0 Å². The van der Waals surface area contributed by atoms with E-state index < -0.39 is 28.7 Å². The third-order valence-electron chi connectivity index (χ3n) is 14.8. The van der Waals surface area contributed by atoms with Gasteiger partial charge in [0.1, 0.15) is 59.2 Å². The lowest BCUT2D eigenvalue weighted by molar-refractivity contribution is 0.0691. The SMILES string of the molecule is CC(C)c1nncn1-c1cccc(N)n1.Cc1cc(F)c(C(=O)Cc2cccc(-n3cnnc3C(C)C)n2)cc1-n1cnc(C2CC2)c1.Cc1cc(F)c(C(=O)Cl)cc1-n1cnc(C2CC2)c1.Cc1cc(F)c(C(=O)O)cc1-n1cnc(C2CC2)c1. The molecule has 0 amide bonds. The summed E-state index contributed by atoms with van der Waals surface area (Å²) in [5.74, 6) is 2.20. The molecule has 3 aliphatic carbocycles. The number of hydrogen-bond donors (Lipinski definition) is 2. The molecule has 3 aromatic carbocycles.